The highest BCUT2D eigenvalue weighted by molar-refractivity contribution is 5.03. The molecule has 0 aliphatic carbocycles. The van der Waals surface area contributed by atoms with Crippen LogP contribution in [0.4, 0.5) is 0 Å². The van der Waals surface area contributed by atoms with Crippen LogP contribution in [0.15, 0.2) is 0 Å². The van der Waals surface area contributed by atoms with Gasteiger partial charge < -0.3 is 28.8 Å². The summed E-state index contributed by atoms with van der Waals surface area (Å²) >= 11 is 0. The highest BCUT2D eigenvalue weighted by Crippen LogP contribution is 2.46. The van der Waals surface area contributed by atoms with Crippen molar-refractivity contribution in [3.05, 3.63) is 0 Å². The first kappa shape index (κ1) is 10.9. The molecular weight excluding hydrogens is 216 g/mol. The van der Waals surface area contributed by atoms with Crippen molar-refractivity contribution >= 4 is 0 Å². The summed E-state index contributed by atoms with van der Waals surface area (Å²) in [4.78, 5) is 0. The predicted molar refractivity (Wildman–Crippen MR) is 50.4 cm³/mol. The van der Waals surface area contributed by atoms with E-state index < -0.39 is 23.8 Å². The second kappa shape index (κ2) is 3.38. The SMILES string of the molecule is CC1(C)OC2C(O)COC2(C2COCO2)O1. The van der Waals surface area contributed by atoms with Crippen LogP contribution in [0.5, 0.6) is 0 Å². The average molecular weight is 232 g/mol. The van der Waals surface area contributed by atoms with Gasteiger partial charge in [-0.1, -0.05) is 0 Å². The van der Waals surface area contributed by atoms with E-state index in [1.807, 2.05) is 0 Å². The molecule has 3 fully saturated rings. The van der Waals surface area contributed by atoms with Crippen molar-refractivity contribution in [2.45, 2.75) is 43.7 Å². The predicted octanol–water partition coefficient (Wildman–Crippen LogP) is -0.402. The average Bonchev–Trinajstić information content (AvgIpc) is 2.84. The number of rotatable bonds is 1. The second-order valence-electron chi connectivity index (χ2n) is 4.78. The standard InChI is InChI=1S/C10H16O6/c1-9(2)15-8-6(11)3-14-10(8,16-9)7-4-12-5-13-7/h6-8,11H,3-5H2,1-2H3. The van der Waals surface area contributed by atoms with Crippen molar-refractivity contribution in [2.24, 2.45) is 0 Å². The Kier molecular flexibility index (Phi) is 2.30. The van der Waals surface area contributed by atoms with Crippen LogP contribution < -0.4 is 0 Å². The van der Waals surface area contributed by atoms with E-state index in [1.54, 1.807) is 13.8 Å². The zero-order chi connectivity index (χ0) is 11.4. The van der Waals surface area contributed by atoms with Crippen molar-refractivity contribution in [1.82, 2.24) is 0 Å². The van der Waals surface area contributed by atoms with Crippen molar-refractivity contribution < 1.29 is 28.8 Å². The maximum absolute atomic E-state index is 9.83. The van der Waals surface area contributed by atoms with Crippen LogP contribution in [0, 0.1) is 0 Å². The van der Waals surface area contributed by atoms with Crippen LogP contribution in [0.25, 0.3) is 0 Å². The molecule has 0 aromatic carbocycles. The fourth-order valence-corrected chi connectivity index (χ4v) is 2.52. The molecule has 3 aliphatic heterocycles. The Morgan fingerprint density at radius 2 is 2.06 bits per heavy atom. The number of aliphatic hydroxyl groups is 1. The Hall–Kier alpha value is -0.240. The Balaban J connectivity index is 1.90. The van der Waals surface area contributed by atoms with E-state index in [4.69, 9.17) is 23.7 Å². The third-order valence-corrected chi connectivity index (χ3v) is 3.11. The number of hydrogen-bond donors (Lipinski definition) is 1. The minimum Gasteiger partial charge on any atom is -0.388 e. The highest BCUT2D eigenvalue weighted by atomic mass is 16.9. The maximum Gasteiger partial charge on any atom is 0.229 e. The molecule has 0 amide bonds. The summed E-state index contributed by atoms with van der Waals surface area (Å²) in [6.45, 7) is 4.39. The Bertz CT molecular complexity index is 287. The number of aliphatic hydroxyl groups excluding tert-OH is 1. The maximum atomic E-state index is 9.83. The highest BCUT2D eigenvalue weighted by Gasteiger charge is 2.66. The minimum atomic E-state index is -1.03. The Morgan fingerprint density at radius 3 is 2.75 bits per heavy atom. The largest absolute Gasteiger partial charge is 0.388 e. The van der Waals surface area contributed by atoms with Crippen LogP contribution in [-0.2, 0) is 23.7 Å². The first-order valence-electron chi connectivity index (χ1n) is 5.43. The van der Waals surface area contributed by atoms with E-state index in [2.05, 4.69) is 0 Å². The number of fused-ring (bicyclic) bond motifs is 1. The Labute approximate surface area is 93.4 Å². The summed E-state index contributed by atoms with van der Waals surface area (Å²) in [6.07, 6.45) is -1.56. The first-order valence-corrected chi connectivity index (χ1v) is 5.43. The van der Waals surface area contributed by atoms with Gasteiger partial charge in [0, 0.05) is 0 Å². The van der Waals surface area contributed by atoms with Gasteiger partial charge in [-0.2, -0.15) is 0 Å². The molecule has 0 radical (unpaired) electrons. The van der Waals surface area contributed by atoms with Crippen LogP contribution in [0.1, 0.15) is 13.8 Å². The topological polar surface area (TPSA) is 66.4 Å². The fraction of sp³-hybridized carbons (Fsp3) is 1.00. The van der Waals surface area contributed by atoms with Crippen LogP contribution >= 0.6 is 0 Å². The Morgan fingerprint density at radius 1 is 1.25 bits per heavy atom. The van der Waals surface area contributed by atoms with Gasteiger partial charge in [-0.3, -0.25) is 0 Å². The number of ether oxygens (including phenoxy) is 5. The minimum absolute atomic E-state index is 0.195. The smallest absolute Gasteiger partial charge is 0.229 e. The summed E-state index contributed by atoms with van der Waals surface area (Å²) in [5.41, 5.74) is 0. The zero-order valence-corrected chi connectivity index (χ0v) is 9.34. The van der Waals surface area contributed by atoms with Crippen molar-refractivity contribution in [3.8, 4) is 0 Å². The van der Waals surface area contributed by atoms with Gasteiger partial charge in [0.05, 0.1) is 13.2 Å². The fourth-order valence-electron chi connectivity index (χ4n) is 2.52. The second-order valence-corrected chi connectivity index (χ2v) is 4.78. The summed E-state index contributed by atoms with van der Waals surface area (Å²) in [5.74, 6) is -1.81. The van der Waals surface area contributed by atoms with Gasteiger partial charge in [0.1, 0.15) is 25.1 Å². The van der Waals surface area contributed by atoms with Crippen molar-refractivity contribution in [2.75, 3.05) is 20.0 Å². The molecule has 6 nitrogen and oxygen atoms in total. The molecule has 16 heavy (non-hydrogen) atoms. The van der Waals surface area contributed by atoms with E-state index in [0.29, 0.717) is 6.61 Å². The first-order chi connectivity index (χ1) is 7.54. The lowest BCUT2D eigenvalue weighted by molar-refractivity contribution is -0.280. The zero-order valence-electron chi connectivity index (χ0n) is 9.34. The summed E-state index contributed by atoms with van der Waals surface area (Å²) in [5, 5.41) is 9.83. The van der Waals surface area contributed by atoms with Crippen LogP contribution in [0.2, 0.25) is 0 Å². The summed E-state index contributed by atoms with van der Waals surface area (Å²) in [7, 11) is 0. The molecule has 1 N–H and O–H groups in total. The lowest BCUT2D eigenvalue weighted by atomic mass is 10.0. The lowest BCUT2D eigenvalue weighted by Crippen LogP contribution is -2.51. The van der Waals surface area contributed by atoms with Crippen LogP contribution in [0.3, 0.4) is 0 Å². The third kappa shape index (κ3) is 1.42. The molecule has 3 aliphatic rings. The van der Waals surface area contributed by atoms with E-state index in [0.717, 1.165) is 0 Å². The molecule has 4 atom stereocenters. The van der Waals surface area contributed by atoms with Gasteiger partial charge in [-0.15, -0.1) is 0 Å². The molecule has 92 valence electrons. The molecule has 0 aromatic rings. The molecule has 3 heterocycles. The van der Waals surface area contributed by atoms with Crippen molar-refractivity contribution in [3.63, 3.8) is 0 Å². The van der Waals surface area contributed by atoms with E-state index in [9.17, 15) is 5.11 Å². The normalized spacial score (nSPS) is 50.8. The summed E-state index contributed by atoms with van der Waals surface area (Å²) < 4.78 is 27.6. The molecule has 0 aromatic heterocycles. The van der Waals surface area contributed by atoms with E-state index in [-0.39, 0.29) is 19.5 Å². The molecule has 0 spiro atoms. The van der Waals surface area contributed by atoms with Gasteiger partial charge in [-0.05, 0) is 13.8 Å². The molecule has 3 rings (SSSR count). The van der Waals surface area contributed by atoms with Gasteiger partial charge in [0.2, 0.25) is 5.79 Å². The molecule has 0 bridgehead atoms. The van der Waals surface area contributed by atoms with Gasteiger partial charge in [0.15, 0.2) is 5.79 Å². The molecule has 0 saturated carbocycles. The van der Waals surface area contributed by atoms with Gasteiger partial charge in [-0.25, -0.2) is 0 Å². The van der Waals surface area contributed by atoms with E-state index in [1.165, 1.54) is 0 Å². The molecule has 6 heteroatoms. The number of hydrogen-bond acceptors (Lipinski definition) is 6. The third-order valence-electron chi connectivity index (χ3n) is 3.11. The lowest BCUT2D eigenvalue weighted by Gasteiger charge is -2.31. The van der Waals surface area contributed by atoms with Gasteiger partial charge >= 0.3 is 0 Å². The van der Waals surface area contributed by atoms with E-state index >= 15 is 0 Å². The van der Waals surface area contributed by atoms with Gasteiger partial charge in [0.25, 0.3) is 0 Å². The monoisotopic (exact) mass is 232 g/mol. The van der Waals surface area contributed by atoms with Crippen LogP contribution in [-0.4, -0.2) is 55.0 Å². The molecule has 4 unspecified atom stereocenters. The quantitative estimate of drug-likeness (QED) is 0.663. The van der Waals surface area contributed by atoms with Crippen molar-refractivity contribution in [1.29, 1.82) is 0 Å². The molecular formula is C10H16O6. The molecule has 3 saturated heterocycles. The summed E-state index contributed by atoms with van der Waals surface area (Å²) in [6, 6.07) is 0.